The van der Waals surface area contributed by atoms with Crippen LogP contribution in [0.4, 0.5) is 10.1 Å². The highest BCUT2D eigenvalue weighted by molar-refractivity contribution is 6.07. The summed E-state index contributed by atoms with van der Waals surface area (Å²) in [6.45, 7) is 2.02. The van der Waals surface area contributed by atoms with Gasteiger partial charge in [-0.25, -0.2) is 4.39 Å². The number of allylic oxidation sites excluding steroid dienone is 2. The Balaban J connectivity index is 1.84. The maximum absolute atomic E-state index is 13.3. The molecule has 1 aliphatic carbocycles. The summed E-state index contributed by atoms with van der Waals surface area (Å²) in [6.07, 6.45) is 2.20. The molecule has 0 saturated heterocycles. The maximum atomic E-state index is 13.3. The van der Waals surface area contributed by atoms with Gasteiger partial charge in [0.2, 0.25) is 5.91 Å². The Morgan fingerprint density at radius 1 is 0.962 bits per heavy atom. The van der Waals surface area contributed by atoms with Crippen molar-refractivity contribution >= 4 is 17.4 Å². The molecule has 2 aromatic carbocycles. The van der Waals surface area contributed by atoms with Gasteiger partial charge < -0.3 is 0 Å². The number of halogens is 1. The normalized spacial score (nSPS) is 20.4. The van der Waals surface area contributed by atoms with E-state index in [2.05, 4.69) is 0 Å². The molecule has 4 rings (SSSR count). The van der Waals surface area contributed by atoms with Gasteiger partial charge in [-0.05, 0) is 49.6 Å². The van der Waals surface area contributed by atoms with Crippen LogP contribution in [0.3, 0.4) is 0 Å². The van der Waals surface area contributed by atoms with Crippen molar-refractivity contribution in [1.82, 2.24) is 0 Å². The van der Waals surface area contributed by atoms with Crippen LogP contribution in [0.5, 0.6) is 0 Å². The molecule has 26 heavy (non-hydrogen) atoms. The van der Waals surface area contributed by atoms with Crippen molar-refractivity contribution in [2.45, 2.75) is 38.5 Å². The molecule has 0 saturated carbocycles. The standard InChI is InChI=1S/C22H20FNO2/c1-14-5-7-15(8-6-14)18-13-21(26)24(17-11-9-16(23)10-12-17)19-3-2-4-20(25)22(18)19/h5-12,18H,2-4,13H2,1H3/t18-/m0/s1. The van der Waals surface area contributed by atoms with Crippen LogP contribution in [0.25, 0.3) is 0 Å². The van der Waals surface area contributed by atoms with E-state index in [4.69, 9.17) is 0 Å². The van der Waals surface area contributed by atoms with E-state index in [1.54, 1.807) is 17.0 Å². The molecule has 0 radical (unpaired) electrons. The van der Waals surface area contributed by atoms with Crippen LogP contribution in [0.15, 0.2) is 59.8 Å². The molecule has 0 unspecified atom stereocenters. The lowest BCUT2D eigenvalue weighted by atomic mass is 9.77. The molecule has 1 atom stereocenters. The Bertz CT molecular complexity index is 897. The predicted molar refractivity (Wildman–Crippen MR) is 98.3 cm³/mol. The summed E-state index contributed by atoms with van der Waals surface area (Å²) in [7, 11) is 0. The van der Waals surface area contributed by atoms with Gasteiger partial charge in [0.15, 0.2) is 5.78 Å². The first-order valence-electron chi connectivity index (χ1n) is 8.96. The Morgan fingerprint density at radius 2 is 1.65 bits per heavy atom. The third-order valence-electron chi connectivity index (χ3n) is 5.24. The van der Waals surface area contributed by atoms with Crippen LogP contribution in [-0.4, -0.2) is 11.7 Å². The van der Waals surface area contributed by atoms with E-state index < -0.39 is 0 Å². The average Bonchev–Trinajstić information content (AvgIpc) is 2.63. The fraction of sp³-hybridized carbons (Fsp3) is 0.273. The van der Waals surface area contributed by atoms with Crippen molar-refractivity contribution in [3.8, 4) is 0 Å². The minimum Gasteiger partial charge on any atom is -0.294 e. The van der Waals surface area contributed by atoms with Gasteiger partial charge in [-0.15, -0.1) is 0 Å². The van der Waals surface area contributed by atoms with Gasteiger partial charge in [0, 0.05) is 35.7 Å². The van der Waals surface area contributed by atoms with Crippen LogP contribution in [-0.2, 0) is 9.59 Å². The van der Waals surface area contributed by atoms with Gasteiger partial charge >= 0.3 is 0 Å². The van der Waals surface area contributed by atoms with E-state index in [1.807, 2.05) is 31.2 Å². The monoisotopic (exact) mass is 349 g/mol. The first kappa shape index (κ1) is 16.7. The number of rotatable bonds is 2. The SMILES string of the molecule is Cc1ccc([C@@H]2CC(=O)N(c3ccc(F)cc3)C3=C2C(=O)CCC3)cc1. The lowest BCUT2D eigenvalue weighted by Gasteiger charge is -2.38. The number of carbonyl (C=O) groups is 2. The summed E-state index contributed by atoms with van der Waals surface area (Å²) in [5, 5.41) is 0. The van der Waals surface area contributed by atoms with Gasteiger partial charge in [0.25, 0.3) is 0 Å². The van der Waals surface area contributed by atoms with Gasteiger partial charge in [-0.1, -0.05) is 29.8 Å². The van der Waals surface area contributed by atoms with Crippen LogP contribution in [0, 0.1) is 12.7 Å². The smallest absolute Gasteiger partial charge is 0.232 e. The number of carbonyl (C=O) groups excluding carboxylic acids is 2. The second-order valence-electron chi connectivity index (χ2n) is 7.01. The highest BCUT2D eigenvalue weighted by Gasteiger charge is 2.39. The molecule has 0 fully saturated rings. The summed E-state index contributed by atoms with van der Waals surface area (Å²) < 4.78 is 13.3. The Kier molecular flexibility index (Phi) is 4.19. The molecule has 3 nitrogen and oxygen atoms in total. The number of ketones is 1. The summed E-state index contributed by atoms with van der Waals surface area (Å²) in [5.41, 5.74) is 4.32. The van der Waals surface area contributed by atoms with Crippen molar-refractivity contribution in [3.05, 3.63) is 76.7 Å². The van der Waals surface area contributed by atoms with Crippen LogP contribution in [0.1, 0.15) is 42.7 Å². The van der Waals surface area contributed by atoms with Gasteiger partial charge in [-0.3, -0.25) is 14.5 Å². The number of nitrogens with zero attached hydrogens (tertiary/aromatic N) is 1. The van der Waals surface area contributed by atoms with Crippen LogP contribution >= 0.6 is 0 Å². The van der Waals surface area contributed by atoms with Crippen LogP contribution in [0.2, 0.25) is 0 Å². The number of hydrogen-bond donors (Lipinski definition) is 0. The molecule has 2 aliphatic rings. The maximum Gasteiger partial charge on any atom is 0.232 e. The predicted octanol–water partition coefficient (Wildman–Crippen LogP) is 4.66. The number of aryl methyl sites for hydroxylation is 1. The Labute approximate surface area is 152 Å². The number of Topliss-reactive ketones (excluding diaryl/α,β-unsaturated/α-hetero) is 1. The Hall–Kier alpha value is -2.75. The first-order chi connectivity index (χ1) is 12.5. The van der Waals surface area contributed by atoms with E-state index in [0.29, 0.717) is 18.5 Å². The molecule has 132 valence electrons. The molecule has 1 heterocycles. The number of hydrogen-bond acceptors (Lipinski definition) is 2. The van der Waals surface area contributed by atoms with Crippen molar-refractivity contribution < 1.29 is 14.0 Å². The summed E-state index contributed by atoms with van der Waals surface area (Å²) in [5.74, 6) is -0.459. The summed E-state index contributed by atoms with van der Waals surface area (Å²) in [4.78, 5) is 27.4. The van der Waals surface area contributed by atoms with E-state index in [9.17, 15) is 14.0 Å². The highest BCUT2D eigenvalue weighted by atomic mass is 19.1. The van der Waals surface area contributed by atoms with E-state index in [1.165, 1.54) is 12.1 Å². The average molecular weight is 349 g/mol. The second-order valence-corrected chi connectivity index (χ2v) is 7.01. The second kappa shape index (κ2) is 6.52. The quantitative estimate of drug-likeness (QED) is 0.791. The zero-order chi connectivity index (χ0) is 18.3. The molecular weight excluding hydrogens is 329 g/mol. The van der Waals surface area contributed by atoms with Gasteiger partial charge in [-0.2, -0.15) is 0 Å². The van der Waals surface area contributed by atoms with Crippen molar-refractivity contribution in [1.29, 1.82) is 0 Å². The molecule has 1 amide bonds. The van der Waals surface area contributed by atoms with Gasteiger partial charge in [0.1, 0.15) is 5.82 Å². The summed E-state index contributed by atoms with van der Waals surface area (Å²) in [6, 6.07) is 13.9. The zero-order valence-corrected chi connectivity index (χ0v) is 14.7. The molecule has 4 heteroatoms. The molecule has 0 N–H and O–H groups in total. The topological polar surface area (TPSA) is 37.4 Å². The van der Waals surface area contributed by atoms with E-state index in [-0.39, 0.29) is 29.8 Å². The lowest BCUT2D eigenvalue weighted by Crippen LogP contribution is -2.40. The van der Waals surface area contributed by atoms with Crippen LogP contribution < -0.4 is 4.90 Å². The molecule has 0 aromatic heterocycles. The molecule has 1 aliphatic heterocycles. The third kappa shape index (κ3) is 2.85. The number of benzene rings is 2. The van der Waals surface area contributed by atoms with Gasteiger partial charge in [0.05, 0.1) is 0 Å². The first-order valence-corrected chi connectivity index (χ1v) is 8.96. The van der Waals surface area contributed by atoms with E-state index >= 15 is 0 Å². The molecular formula is C22H20FNO2. The lowest BCUT2D eigenvalue weighted by molar-refractivity contribution is -0.119. The largest absolute Gasteiger partial charge is 0.294 e. The number of amides is 1. The molecule has 2 aromatic rings. The highest BCUT2D eigenvalue weighted by Crippen LogP contribution is 2.43. The fourth-order valence-corrected chi connectivity index (χ4v) is 3.97. The zero-order valence-electron chi connectivity index (χ0n) is 14.7. The third-order valence-corrected chi connectivity index (χ3v) is 5.24. The minimum absolute atomic E-state index is 0.0457. The molecule has 0 bridgehead atoms. The van der Waals surface area contributed by atoms with E-state index in [0.717, 1.165) is 28.8 Å². The molecule has 0 spiro atoms. The fourth-order valence-electron chi connectivity index (χ4n) is 3.97. The van der Waals surface area contributed by atoms with Crippen molar-refractivity contribution in [2.75, 3.05) is 4.90 Å². The van der Waals surface area contributed by atoms with Crippen molar-refractivity contribution in [2.24, 2.45) is 0 Å². The minimum atomic E-state index is -0.343. The van der Waals surface area contributed by atoms with Crippen molar-refractivity contribution in [3.63, 3.8) is 0 Å². The summed E-state index contributed by atoms with van der Waals surface area (Å²) >= 11 is 0. The number of anilines is 1. The Morgan fingerprint density at radius 3 is 2.35 bits per heavy atom.